The number of nitrogen functional groups attached to an aromatic ring is 1. The van der Waals surface area contributed by atoms with Gasteiger partial charge >= 0.3 is 0 Å². The smallest absolute Gasteiger partial charge is 0.0700 e. The number of para-hydroxylation sites is 1. The van der Waals surface area contributed by atoms with Crippen molar-refractivity contribution in [2.24, 2.45) is 5.92 Å². The molecular weight excluding hydrogens is 236 g/mol. The Bertz CT molecular complexity index is 448. The van der Waals surface area contributed by atoms with Gasteiger partial charge in [-0.25, -0.2) is 0 Å². The lowest BCUT2D eigenvalue weighted by Gasteiger charge is -2.47. The number of rotatable bonds is 2. The second-order valence-corrected chi connectivity index (χ2v) is 6.23. The molecule has 2 fully saturated rings. The molecule has 1 saturated carbocycles. The van der Waals surface area contributed by atoms with Gasteiger partial charge in [0.15, 0.2) is 0 Å². The molecule has 0 amide bonds. The zero-order chi connectivity index (χ0) is 13.3. The Labute approximate surface area is 115 Å². The molecule has 0 aromatic heterocycles. The van der Waals surface area contributed by atoms with Crippen molar-refractivity contribution in [2.75, 3.05) is 18.8 Å². The van der Waals surface area contributed by atoms with Crippen LogP contribution in [0.3, 0.4) is 0 Å². The fourth-order valence-corrected chi connectivity index (χ4v) is 3.70. The average Bonchev–Trinajstić information content (AvgIpc) is 2.41. The molecule has 1 aliphatic carbocycles. The van der Waals surface area contributed by atoms with E-state index in [1.54, 1.807) is 0 Å². The Hall–Kier alpha value is -1.06. The molecule has 2 unspecified atom stereocenters. The first-order valence-electron chi connectivity index (χ1n) is 7.45. The molecule has 0 bridgehead atoms. The van der Waals surface area contributed by atoms with Crippen molar-refractivity contribution in [3.63, 3.8) is 0 Å². The Morgan fingerprint density at radius 3 is 2.95 bits per heavy atom. The second kappa shape index (κ2) is 5.14. The van der Waals surface area contributed by atoms with Gasteiger partial charge in [0, 0.05) is 31.2 Å². The summed E-state index contributed by atoms with van der Waals surface area (Å²) in [5.41, 5.74) is 7.73. The van der Waals surface area contributed by atoms with Crippen molar-refractivity contribution in [1.82, 2.24) is 4.90 Å². The Morgan fingerprint density at radius 1 is 1.26 bits per heavy atom. The number of aliphatic hydroxyl groups is 1. The summed E-state index contributed by atoms with van der Waals surface area (Å²) in [6.45, 7) is 2.92. The number of likely N-dealkylation sites (tertiary alicyclic amines) is 1. The molecule has 1 aromatic rings. The van der Waals surface area contributed by atoms with Crippen molar-refractivity contribution >= 4 is 5.69 Å². The van der Waals surface area contributed by atoms with Gasteiger partial charge < -0.3 is 10.8 Å². The highest BCUT2D eigenvalue weighted by atomic mass is 16.3. The fourth-order valence-electron chi connectivity index (χ4n) is 3.70. The van der Waals surface area contributed by atoms with Gasteiger partial charge in [-0.15, -0.1) is 0 Å². The molecule has 1 saturated heterocycles. The standard InChI is InChI=1S/C16H24N2O/c17-15-7-2-1-5-13(15)11-18-10-9-16(19)8-4-3-6-14(16)12-18/h1-2,5,7,14,19H,3-4,6,8-12,17H2. The molecule has 0 radical (unpaired) electrons. The summed E-state index contributed by atoms with van der Waals surface area (Å²) < 4.78 is 0. The molecule has 19 heavy (non-hydrogen) atoms. The van der Waals surface area contributed by atoms with Crippen LogP contribution in [-0.2, 0) is 6.54 Å². The third kappa shape index (κ3) is 2.63. The SMILES string of the molecule is Nc1ccccc1CN1CCC2(O)CCCCC2C1. The largest absolute Gasteiger partial charge is 0.398 e. The van der Waals surface area contributed by atoms with Gasteiger partial charge in [-0.1, -0.05) is 31.0 Å². The van der Waals surface area contributed by atoms with E-state index in [0.717, 1.165) is 38.2 Å². The fraction of sp³-hybridized carbons (Fsp3) is 0.625. The van der Waals surface area contributed by atoms with Crippen molar-refractivity contribution in [1.29, 1.82) is 0 Å². The number of hydrogen-bond acceptors (Lipinski definition) is 3. The zero-order valence-electron chi connectivity index (χ0n) is 11.5. The average molecular weight is 260 g/mol. The summed E-state index contributed by atoms with van der Waals surface area (Å²) in [7, 11) is 0. The van der Waals surface area contributed by atoms with Crippen LogP contribution in [0.2, 0.25) is 0 Å². The monoisotopic (exact) mass is 260 g/mol. The van der Waals surface area contributed by atoms with E-state index < -0.39 is 0 Å². The van der Waals surface area contributed by atoms with Crippen LogP contribution in [0, 0.1) is 5.92 Å². The second-order valence-electron chi connectivity index (χ2n) is 6.23. The molecule has 3 N–H and O–H groups in total. The normalized spacial score (nSPS) is 31.9. The van der Waals surface area contributed by atoms with Gasteiger partial charge in [0.2, 0.25) is 0 Å². The van der Waals surface area contributed by atoms with Gasteiger partial charge in [-0.05, 0) is 30.9 Å². The maximum atomic E-state index is 10.7. The highest BCUT2D eigenvalue weighted by Gasteiger charge is 2.42. The molecule has 1 heterocycles. The molecule has 3 rings (SSSR count). The molecule has 2 aliphatic rings. The van der Waals surface area contributed by atoms with Crippen molar-refractivity contribution < 1.29 is 5.11 Å². The number of benzene rings is 1. The van der Waals surface area contributed by atoms with E-state index in [4.69, 9.17) is 5.73 Å². The van der Waals surface area contributed by atoms with Crippen molar-refractivity contribution in [3.05, 3.63) is 29.8 Å². The lowest BCUT2D eigenvalue weighted by molar-refractivity contribution is -0.0967. The summed E-state index contributed by atoms with van der Waals surface area (Å²) >= 11 is 0. The van der Waals surface area contributed by atoms with Crippen LogP contribution in [0.1, 0.15) is 37.7 Å². The van der Waals surface area contributed by atoms with E-state index in [-0.39, 0.29) is 5.60 Å². The number of hydrogen-bond donors (Lipinski definition) is 2. The minimum atomic E-state index is -0.378. The summed E-state index contributed by atoms with van der Waals surface area (Å²) in [6.07, 6.45) is 5.56. The van der Waals surface area contributed by atoms with Crippen LogP contribution in [0.25, 0.3) is 0 Å². The number of anilines is 1. The number of piperidine rings is 1. The predicted molar refractivity (Wildman–Crippen MR) is 77.7 cm³/mol. The summed E-state index contributed by atoms with van der Waals surface area (Å²) in [6, 6.07) is 8.11. The molecule has 3 nitrogen and oxygen atoms in total. The molecule has 3 heteroatoms. The van der Waals surface area contributed by atoms with Gasteiger partial charge in [0.25, 0.3) is 0 Å². The minimum absolute atomic E-state index is 0.378. The predicted octanol–water partition coefficient (Wildman–Crippen LogP) is 2.40. The van der Waals surface area contributed by atoms with E-state index in [1.807, 2.05) is 18.2 Å². The zero-order valence-corrected chi connectivity index (χ0v) is 11.5. The van der Waals surface area contributed by atoms with Crippen LogP contribution in [-0.4, -0.2) is 28.7 Å². The van der Waals surface area contributed by atoms with E-state index >= 15 is 0 Å². The van der Waals surface area contributed by atoms with Crippen LogP contribution in [0.15, 0.2) is 24.3 Å². The van der Waals surface area contributed by atoms with Gasteiger partial charge in [0.05, 0.1) is 5.60 Å². The van der Waals surface area contributed by atoms with Gasteiger partial charge in [-0.2, -0.15) is 0 Å². The first kappa shape index (κ1) is 12.9. The van der Waals surface area contributed by atoms with E-state index in [9.17, 15) is 5.11 Å². The van der Waals surface area contributed by atoms with Crippen molar-refractivity contribution in [3.8, 4) is 0 Å². The van der Waals surface area contributed by atoms with E-state index in [1.165, 1.54) is 24.8 Å². The van der Waals surface area contributed by atoms with E-state index in [2.05, 4.69) is 11.0 Å². The molecule has 0 spiro atoms. The topological polar surface area (TPSA) is 49.5 Å². The highest BCUT2D eigenvalue weighted by molar-refractivity contribution is 5.46. The van der Waals surface area contributed by atoms with Crippen molar-refractivity contribution in [2.45, 2.75) is 44.2 Å². The lowest BCUT2D eigenvalue weighted by atomic mass is 9.71. The van der Waals surface area contributed by atoms with Crippen LogP contribution >= 0.6 is 0 Å². The Balaban J connectivity index is 1.67. The lowest BCUT2D eigenvalue weighted by Crippen LogP contribution is -2.52. The first-order chi connectivity index (χ1) is 9.17. The molecule has 1 aliphatic heterocycles. The summed E-state index contributed by atoms with van der Waals surface area (Å²) in [5.74, 6) is 0.458. The van der Waals surface area contributed by atoms with Crippen LogP contribution in [0.5, 0.6) is 0 Å². The molecular formula is C16H24N2O. The first-order valence-corrected chi connectivity index (χ1v) is 7.45. The maximum absolute atomic E-state index is 10.7. The molecule has 104 valence electrons. The van der Waals surface area contributed by atoms with Crippen LogP contribution in [0.4, 0.5) is 5.69 Å². The third-order valence-corrected chi connectivity index (χ3v) is 4.96. The van der Waals surface area contributed by atoms with Gasteiger partial charge in [0.1, 0.15) is 0 Å². The Morgan fingerprint density at radius 2 is 2.11 bits per heavy atom. The maximum Gasteiger partial charge on any atom is 0.0700 e. The number of fused-ring (bicyclic) bond motifs is 1. The summed E-state index contributed by atoms with van der Waals surface area (Å²) in [5, 5.41) is 10.7. The number of nitrogens with two attached hydrogens (primary N) is 1. The third-order valence-electron chi connectivity index (χ3n) is 4.96. The minimum Gasteiger partial charge on any atom is -0.398 e. The Kier molecular flexibility index (Phi) is 3.50. The highest BCUT2D eigenvalue weighted by Crippen LogP contribution is 2.40. The quantitative estimate of drug-likeness (QED) is 0.803. The molecule has 2 atom stereocenters. The van der Waals surface area contributed by atoms with Crippen LogP contribution < -0.4 is 5.73 Å². The molecule has 1 aromatic carbocycles. The summed E-state index contributed by atoms with van der Waals surface area (Å²) in [4.78, 5) is 2.45. The van der Waals surface area contributed by atoms with E-state index in [0.29, 0.717) is 5.92 Å². The van der Waals surface area contributed by atoms with Gasteiger partial charge in [-0.3, -0.25) is 4.90 Å². The number of nitrogens with zero attached hydrogens (tertiary/aromatic N) is 1.